The van der Waals surface area contributed by atoms with Gasteiger partial charge >= 0.3 is 118 Å². The van der Waals surface area contributed by atoms with Gasteiger partial charge in [0.25, 0.3) is 0 Å². The summed E-state index contributed by atoms with van der Waals surface area (Å²) >= 11 is 0. The minimum absolute atomic E-state index is 0. The van der Waals surface area contributed by atoms with Crippen molar-refractivity contribution in [1.82, 2.24) is 0 Å². The molecule has 0 fully saturated rings. The van der Waals surface area contributed by atoms with Crippen LogP contribution in [-0.2, 0) is 27.0 Å². The average Bonchev–Trinajstić information content (AvgIpc) is 0. The second-order valence-electron chi connectivity index (χ2n) is 0. The van der Waals surface area contributed by atoms with E-state index in [1.165, 1.54) is 0 Å². The smallest absolute Gasteiger partial charge is 0.813 e. The Bertz CT molecular complexity index is 27.2. The third kappa shape index (κ3) is 967. The van der Waals surface area contributed by atoms with Crippen LogP contribution in [0.25, 0.3) is 0 Å². The zero-order valence-corrected chi connectivity index (χ0v) is 28.5. The Hall–Kier alpha value is 6.26. The van der Waals surface area contributed by atoms with Gasteiger partial charge in [-0.1, -0.05) is 0 Å². The van der Waals surface area contributed by atoms with E-state index in [1.54, 1.807) is 0 Å². The molecule has 0 aromatic rings. The zero-order valence-electron chi connectivity index (χ0n) is 18.8. The Labute approximate surface area is 341 Å². The molecule has 0 aromatic carbocycles. The molecule has 0 aliphatic heterocycles. The second-order valence-corrected chi connectivity index (χ2v) is 0. The van der Waals surface area contributed by atoms with Gasteiger partial charge in [0.1, 0.15) is 0 Å². The van der Waals surface area contributed by atoms with Crippen LogP contribution in [0.1, 0.15) is 0 Å². The van der Waals surface area contributed by atoms with Crippen LogP contribution >= 0.6 is 0 Å². The summed E-state index contributed by atoms with van der Waals surface area (Å²) in [5, 5.41) is 0. The molecule has 0 saturated heterocycles. The second kappa shape index (κ2) is 1060. The molecule has 0 rings (SSSR count). The van der Waals surface area contributed by atoms with Crippen LogP contribution < -0.4 is 118 Å². The maximum Gasteiger partial charge on any atom is 1.00 e. The first-order valence-electron chi connectivity index (χ1n) is 0. The molecular formula is H2B24Na4S2+2. The van der Waals surface area contributed by atoms with E-state index in [9.17, 15) is 0 Å². The van der Waals surface area contributed by atoms with E-state index >= 15 is 0 Å². The van der Waals surface area contributed by atoms with Crippen molar-refractivity contribution in [2.75, 3.05) is 0 Å². The Morgan fingerprint density at radius 3 is 0.100 bits per heavy atom. The predicted molar refractivity (Wildman–Crippen MR) is 156 cm³/mol. The van der Waals surface area contributed by atoms with Crippen molar-refractivity contribution >= 4 is 229 Å². The van der Waals surface area contributed by atoms with Gasteiger partial charge < -0.3 is 27.0 Å². The molecule has 72 radical (unpaired) electrons. The summed E-state index contributed by atoms with van der Waals surface area (Å²) in [6.07, 6.45) is 0. The molecule has 30 heteroatoms. The normalized spacial score (nSPS) is 0. The van der Waals surface area contributed by atoms with Crippen molar-refractivity contribution in [2.45, 2.75) is 0 Å². The Balaban J connectivity index is 0. The minimum atomic E-state index is 0. The van der Waals surface area contributed by atoms with Crippen LogP contribution in [0, 0.1) is 0 Å². The van der Waals surface area contributed by atoms with Gasteiger partial charge in [0.05, 0.1) is 0 Å². The molecule has 0 amide bonds. The van der Waals surface area contributed by atoms with Crippen LogP contribution in [0.3, 0.4) is 0 Å². The number of hydrogen-bond acceptors (Lipinski definition) is 2. The summed E-state index contributed by atoms with van der Waals surface area (Å²) in [7, 11) is 0. The van der Waals surface area contributed by atoms with E-state index in [-0.39, 0.29) is 347 Å². The van der Waals surface area contributed by atoms with Crippen LogP contribution in [0.2, 0.25) is 0 Å². The first kappa shape index (κ1) is 1150. The summed E-state index contributed by atoms with van der Waals surface area (Å²) in [5.74, 6) is 0. The van der Waals surface area contributed by atoms with Gasteiger partial charge in [0.2, 0.25) is 0 Å². The van der Waals surface area contributed by atoms with E-state index < -0.39 is 0 Å². The standard InChI is InChI=1S/24B.4Na.2H2S/h;;;;;;;;;;;;;;;;;;;;;;;;;;;;2*1H2/q;;;;;;;;;;;;;;;;;;;;;;;;4*+1;;/p-2. The van der Waals surface area contributed by atoms with Crippen molar-refractivity contribution in [3.8, 4) is 0 Å². The molecule has 0 unspecified atom stereocenters. The van der Waals surface area contributed by atoms with Gasteiger partial charge in [-0.05, 0) is 0 Å². The van der Waals surface area contributed by atoms with Gasteiger partial charge in [0.15, 0.2) is 0 Å². The van der Waals surface area contributed by atoms with E-state index in [0.29, 0.717) is 0 Å². The fourth-order valence-corrected chi connectivity index (χ4v) is 0. The molecule has 0 atom stereocenters. The molecule has 0 bridgehead atoms. The van der Waals surface area contributed by atoms with Crippen LogP contribution in [-0.4, -0.2) is 202 Å². The number of hydrogen-bond donors (Lipinski definition) is 0. The number of thiol groups is 2. The van der Waals surface area contributed by atoms with Crippen LogP contribution in [0.5, 0.6) is 0 Å². The summed E-state index contributed by atoms with van der Waals surface area (Å²) in [5.41, 5.74) is 0. The fourth-order valence-electron chi connectivity index (χ4n) is 0. The molecule has 0 N–H and O–H groups in total. The van der Waals surface area contributed by atoms with Crippen molar-refractivity contribution < 1.29 is 118 Å². The third-order valence-corrected chi connectivity index (χ3v) is 0. The Kier molecular flexibility index (Phi) is 40500. The topological polar surface area (TPSA) is 0 Å². The van der Waals surface area contributed by atoms with E-state index in [2.05, 4.69) is 0 Å². The van der Waals surface area contributed by atoms with Crippen molar-refractivity contribution in [3.63, 3.8) is 0 Å². The molecule has 0 nitrogen and oxygen atoms in total. The molecule has 0 spiro atoms. The quantitative estimate of drug-likeness (QED) is 0.218. The van der Waals surface area contributed by atoms with Crippen LogP contribution in [0.4, 0.5) is 0 Å². The minimum Gasteiger partial charge on any atom is -0.813 e. The summed E-state index contributed by atoms with van der Waals surface area (Å²) in [6.45, 7) is 0. The van der Waals surface area contributed by atoms with E-state index in [4.69, 9.17) is 0 Å². The summed E-state index contributed by atoms with van der Waals surface area (Å²) < 4.78 is 0. The fraction of sp³-hybridized carbons (Fsp3) is 0. The van der Waals surface area contributed by atoms with Gasteiger partial charge in [-0.2, -0.15) is 0 Å². The molecule has 0 aromatic heterocycles. The molecule has 0 saturated carbocycles. The third-order valence-electron chi connectivity index (χ3n) is 0. The van der Waals surface area contributed by atoms with Gasteiger partial charge in [-0.25, -0.2) is 0 Å². The largest absolute Gasteiger partial charge is 1.00 e. The maximum atomic E-state index is 0. The summed E-state index contributed by atoms with van der Waals surface area (Å²) in [4.78, 5) is 0. The van der Waals surface area contributed by atoms with E-state index in [1.807, 2.05) is 0 Å². The predicted octanol–water partition coefficient (Wildman–Crippen LogP) is -21.7. The monoisotopic (exact) mass is 422 g/mol. The molecule has 0 heterocycles. The van der Waals surface area contributed by atoms with Gasteiger partial charge in [-0.3, -0.25) is 0 Å². The zero-order chi connectivity index (χ0) is 0. The summed E-state index contributed by atoms with van der Waals surface area (Å²) in [6, 6.07) is 0. The van der Waals surface area contributed by atoms with Gasteiger partial charge in [-0.15, -0.1) is 0 Å². The molecule has 30 heavy (non-hydrogen) atoms. The molecule has 0 aliphatic carbocycles. The Morgan fingerprint density at radius 2 is 0.100 bits per heavy atom. The Morgan fingerprint density at radius 1 is 0.100 bits per heavy atom. The van der Waals surface area contributed by atoms with Crippen molar-refractivity contribution in [2.24, 2.45) is 0 Å². The SMILES string of the molecule is [B].[B].[B].[B].[B].[B].[B].[B].[B].[B].[B].[B].[B].[B].[B].[B].[B].[B].[B].[B].[B].[B].[B].[B].[Na+].[Na+].[Na+].[Na+].[SH-].[SH-]. The molecule has 0 aliphatic rings. The van der Waals surface area contributed by atoms with Crippen molar-refractivity contribution in [1.29, 1.82) is 0 Å². The molecule has 88 valence electrons. The van der Waals surface area contributed by atoms with Crippen LogP contribution in [0.15, 0.2) is 0 Å². The maximum absolute atomic E-state index is 0. The first-order chi connectivity index (χ1) is 0. The number of rotatable bonds is 0. The van der Waals surface area contributed by atoms with Crippen molar-refractivity contribution in [3.05, 3.63) is 0 Å². The van der Waals surface area contributed by atoms with E-state index in [0.717, 1.165) is 0 Å². The first-order valence-corrected chi connectivity index (χ1v) is 0. The van der Waals surface area contributed by atoms with Gasteiger partial charge in [0, 0.05) is 202 Å². The average molecular weight is 418 g/mol. The molecular weight excluding hydrogens is 416 g/mol.